The molecule has 0 aromatic heterocycles. The van der Waals surface area contributed by atoms with Crippen molar-refractivity contribution in [3.63, 3.8) is 0 Å². The second kappa shape index (κ2) is 8.73. The van der Waals surface area contributed by atoms with Gasteiger partial charge in [-0.25, -0.2) is 0 Å². The number of hydrogen-bond donors (Lipinski definition) is 1. The van der Waals surface area contributed by atoms with E-state index in [1.807, 2.05) is 44.2 Å². The Morgan fingerprint density at radius 1 is 1.09 bits per heavy atom. The van der Waals surface area contributed by atoms with Crippen LogP contribution in [0.25, 0.3) is 11.1 Å². The lowest BCUT2D eigenvalue weighted by atomic mass is 9.99. The number of methoxy groups -OCH3 is 2. The second-order valence-corrected chi connectivity index (χ2v) is 8.43. The van der Waals surface area contributed by atoms with Crippen LogP contribution in [-0.4, -0.2) is 38.8 Å². The zero-order chi connectivity index (χ0) is 22.9. The van der Waals surface area contributed by atoms with E-state index in [-0.39, 0.29) is 24.6 Å². The summed E-state index contributed by atoms with van der Waals surface area (Å²) in [4.78, 5) is 24.6. The molecule has 0 radical (unpaired) electrons. The zero-order valence-corrected chi connectivity index (χ0v) is 18.9. The summed E-state index contributed by atoms with van der Waals surface area (Å²) < 4.78 is 23.0. The monoisotopic (exact) mass is 439 g/mol. The number of rotatable bonds is 9. The van der Waals surface area contributed by atoms with Crippen LogP contribution in [0.3, 0.4) is 0 Å². The molecule has 1 fully saturated rings. The number of benzene rings is 2. The van der Waals surface area contributed by atoms with E-state index in [9.17, 15) is 9.59 Å². The molecular formula is C25H29NO6. The van der Waals surface area contributed by atoms with Gasteiger partial charge in [-0.1, -0.05) is 13.0 Å². The average Bonchev–Trinajstić information content (AvgIpc) is 3.53. The summed E-state index contributed by atoms with van der Waals surface area (Å²) in [6.07, 6.45) is 2.11. The van der Waals surface area contributed by atoms with Gasteiger partial charge in [0.15, 0.2) is 11.5 Å². The lowest BCUT2D eigenvalue weighted by molar-refractivity contribution is -0.156. The molecule has 1 saturated carbocycles. The predicted octanol–water partition coefficient (Wildman–Crippen LogP) is 4.11. The van der Waals surface area contributed by atoms with Crippen molar-refractivity contribution in [3.05, 3.63) is 41.5 Å². The van der Waals surface area contributed by atoms with E-state index in [0.29, 0.717) is 29.4 Å². The Labute approximate surface area is 188 Å². The summed E-state index contributed by atoms with van der Waals surface area (Å²) in [6, 6.07) is 9.41. The van der Waals surface area contributed by atoms with Crippen molar-refractivity contribution >= 4 is 11.9 Å². The van der Waals surface area contributed by atoms with Gasteiger partial charge in [0.25, 0.3) is 5.91 Å². The molecule has 0 unspecified atom stereocenters. The van der Waals surface area contributed by atoms with Gasteiger partial charge in [0.1, 0.15) is 12.0 Å². The topological polar surface area (TPSA) is 83.1 Å². The highest BCUT2D eigenvalue weighted by Crippen LogP contribution is 2.50. The maximum Gasteiger partial charge on any atom is 0.315 e. The van der Waals surface area contributed by atoms with Gasteiger partial charge < -0.3 is 24.3 Å². The van der Waals surface area contributed by atoms with Crippen molar-refractivity contribution < 1.29 is 28.5 Å². The number of nitrogens with one attached hydrogen (secondary N) is 1. The number of carbonyl (C=O) groups excluding carboxylic acids is 2. The number of fused-ring (bicyclic) bond motifs is 1. The Kier molecular flexibility index (Phi) is 6.00. The highest BCUT2D eigenvalue weighted by Gasteiger charge is 2.53. The first kappa shape index (κ1) is 22.0. The second-order valence-electron chi connectivity index (χ2n) is 8.43. The molecule has 0 bridgehead atoms. The molecule has 1 aliphatic carbocycles. The molecule has 7 heteroatoms. The van der Waals surface area contributed by atoms with E-state index in [1.165, 1.54) is 0 Å². The molecule has 32 heavy (non-hydrogen) atoms. The largest absolute Gasteiger partial charge is 0.493 e. The Morgan fingerprint density at radius 2 is 1.84 bits per heavy atom. The van der Waals surface area contributed by atoms with Gasteiger partial charge >= 0.3 is 5.97 Å². The third-order valence-corrected chi connectivity index (χ3v) is 6.26. The third kappa shape index (κ3) is 3.99. The van der Waals surface area contributed by atoms with E-state index in [1.54, 1.807) is 14.2 Å². The van der Waals surface area contributed by atoms with Gasteiger partial charge in [0.05, 0.1) is 20.3 Å². The summed E-state index contributed by atoms with van der Waals surface area (Å²) in [6.45, 7) is 4.58. The van der Waals surface area contributed by atoms with E-state index >= 15 is 0 Å². The number of hydrogen-bond acceptors (Lipinski definition) is 6. The summed E-state index contributed by atoms with van der Waals surface area (Å²) in [5.74, 6) is 1.23. The van der Waals surface area contributed by atoms with Crippen molar-refractivity contribution in [3.8, 4) is 28.4 Å². The van der Waals surface area contributed by atoms with Crippen LogP contribution in [0.2, 0.25) is 0 Å². The molecule has 170 valence electrons. The van der Waals surface area contributed by atoms with Crippen LogP contribution in [0, 0.1) is 5.41 Å². The normalized spacial score (nSPS) is 16.6. The number of carbonyl (C=O) groups is 2. The first-order valence-electron chi connectivity index (χ1n) is 10.9. The quantitative estimate of drug-likeness (QED) is 0.592. The van der Waals surface area contributed by atoms with Crippen molar-refractivity contribution in [2.45, 2.75) is 45.8 Å². The van der Waals surface area contributed by atoms with Crippen molar-refractivity contribution in [1.29, 1.82) is 0 Å². The minimum Gasteiger partial charge on any atom is -0.493 e. The molecule has 7 nitrogen and oxygen atoms in total. The number of amides is 1. The first-order valence-corrected chi connectivity index (χ1v) is 10.9. The molecule has 2 aromatic carbocycles. The average molecular weight is 440 g/mol. The fourth-order valence-corrected chi connectivity index (χ4v) is 3.83. The van der Waals surface area contributed by atoms with Crippen LogP contribution in [-0.2, 0) is 16.1 Å². The van der Waals surface area contributed by atoms with Gasteiger partial charge in [-0.15, -0.1) is 0 Å². The van der Waals surface area contributed by atoms with E-state index in [0.717, 1.165) is 36.0 Å². The molecule has 1 aliphatic heterocycles. The van der Waals surface area contributed by atoms with Gasteiger partial charge in [0.2, 0.25) is 5.75 Å². The van der Waals surface area contributed by atoms with E-state index < -0.39 is 5.41 Å². The Hall–Kier alpha value is -3.22. The van der Waals surface area contributed by atoms with Crippen LogP contribution in [0.5, 0.6) is 17.2 Å². The summed E-state index contributed by atoms with van der Waals surface area (Å²) in [7, 11) is 3.13. The van der Waals surface area contributed by atoms with E-state index in [4.69, 9.17) is 18.9 Å². The minimum atomic E-state index is -0.622. The number of ether oxygens (including phenoxy) is 4. The van der Waals surface area contributed by atoms with Gasteiger partial charge in [-0.3, -0.25) is 9.59 Å². The van der Waals surface area contributed by atoms with Gasteiger partial charge in [-0.05, 0) is 61.6 Å². The van der Waals surface area contributed by atoms with Gasteiger partial charge in [-0.2, -0.15) is 0 Å². The van der Waals surface area contributed by atoms with Crippen molar-refractivity contribution in [2.24, 2.45) is 5.41 Å². The van der Waals surface area contributed by atoms with E-state index in [2.05, 4.69) is 5.32 Å². The first-order chi connectivity index (χ1) is 15.4. The van der Waals surface area contributed by atoms with Crippen LogP contribution in [0.1, 0.15) is 49.0 Å². The van der Waals surface area contributed by atoms with Crippen LogP contribution in [0.15, 0.2) is 30.3 Å². The maximum atomic E-state index is 12.7. The summed E-state index contributed by atoms with van der Waals surface area (Å²) in [5, 5.41) is 2.84. The fraction of sp³-hybridized carbons (Fsp3) is 0.440. The summed E-state index contributed by atoms with van der Waals surface area (Å²) >= 11 is 0. The lowest BCUT2D eigenvalue weighted by Gasteiger charge is -2.22. The predicted molar refractivity (Wildman–Crippen MR) is 119 cm³/mol. The molecule has 2 aliphatic rings. The Bertz CT molecular complexity index is 1040. The van der Waals surface area contributed by atoms with Crippen molar-refractivity contribution in [1.82, 2.24) is 5.32 Å². The fourth-order valence-electron chi connectivity index (χ4n) is 3.83. The molecule has 0 saturated heterocycles. The molecule has 0 spiro atoms. The van der Waals surface area contributed by atoms with Crippen LogP contribution >= 0.6 is 0 Å². The standard InChI is InChI=1S/C25H29NO6/c1-5-15(2)32-24(28)25(10-11-25)14-31-21-18(8-9-20(29-3)22(21)30-4)16-6-7-19-17(12-16)13-26-23(19)27/h6-9,12,15H,5,10-11,13-14H2,1-4H3,(H,26,27)/t15-/m1/s1. The van der Waals surface area contributed by atoms with Crippen LogP contribution < -0.4 is 19.5 Å². The third-order valence-electron chi connectivity index (χ3n) is 6.26. The molecule has 1 N–H and O–H groups in total. The molecule has 4 rings (SSSR count). The molecule has 1 heterocycles. The highest BCUT2D eigenvalue weighted by molar-refractivity contribution is 5.99. The zero-order valence-electron chi connectivity index (χ0n) is 18.9. The highest BCUT2D eigenvalue weighted by atomic mass is 16.6. The Morgan fingerprint density at radius 3 is 2.50 bits per heavy atom. The molecule has 2 aromatic rings. The number of esters is 1. The molecule has 1 amide bonds. The smallest absolute Gasteiger partial charge is 0.315 e. The molecule has 1 atom stereocenters. The SMILES string of the molecule is CC[C@@H](C)OC(=O)C1(COc2c(-c3ccc4c(c3)CNC4=O)ccc(OC)c2OC)CC1. The van der Waals surface area contributed by atoms with Crippen molar-refractivity contribution in [2.75, 3.05) is 20.8 Å². The van der Waals surface area contributed by atoms with Gasteiger partial charge in [0, 0.05) is 17.7 Å². The van der Waals surface area contributed by atoms with Crippen LogP contribution in [0.4, 0.5) is 0 Å². The summed E-state index contributed by atoms with van der Waals surface area (Å²) in [5.41, 5.74) is 2.69. The lowest BCUT2D eigenvalue weighted by Crippen LogP contribution is -2.28. The minimum absolute atomic E-state index is 0.0640. The Balaban J connectivity index is 1.66. The maximum absolute atomic E-state index is 12.7. The molecular weight excluding hydrogens is 410 g/mol.